The van der Waals surface area contributed by atoms with Gasteiger partial charge in [-0.3, -0.25) is 15.0 Å². The third kappa shape index (κ3) is 4.13. The van der Waals surface area contributed by atoms with Gasteiger partial charge in [0, 0.05) is 35.1 Å². The third-order valence-electron chi connectivity index (χ3n) is 3.35. The van der Waals surface area contributed by atoms with Gasteiger partial charge >= 0.3 is 0 Å². The molecule has 5 nitrogen and oxygen atoms in total. The maximum absolute atomic E-state index is 12.2. The summed E-state index contributed by atoms with van der Waals surface area (Å²) in [5.41, 5.74) is 1.59. The monoisotopic (exact) mass is 381 g/mol. The molecule has 2 heterocycles. The first-order valence-electron chi connectivity index (χ1n) is 7.02. The number of hydrogen-bond acceptors (Lipinski definition) is 5. The Morgan fingerprint density at radius 3 is 3.00 bits per heavy atom. The van der Waals surface area contributed by atoms with Gasteiger partial charge in [0.15, 0.2) is 5.13 Å². The Hall–Kier alpha value is -1.28. The lowest BCUT2D eigenvalue weighted by Crippen LogP contribution is -2.35. The molecule has 1 N–H and O–H groups in total. The molecule has 7 heteroatoms. The molecule has 1 saturated heterocycles. The summed E-state index contributed by atoms with van der Waals surface area (Å²) in [5.74, 6) is -0.145. The molecule has 1 aromatic carbocycles. The van der Waals surface area contributed by atoms with Crippen molar-refractivity contribution in [3.05, 3.63) is 45.4 Å². The van der Waals surface area contributed by atoms with Crippen LogP contribution in [-0.4, -0.2) is 42.1 Å². The number of aromatic nitrogens is 1. The Morgan fingerprint density at radius 1 is 1.41 bits per heavy atom. The average Bonchev–Trinajstić information content (AvgIpc) is 2.95. The van der Waals surface area contributed by atoms with Crippen molar-refractivity contribution in [3.8, 4) is 0 Å². The lowest BCUT2D eigenvalue weighted by molar-refractivity contribution is 0.0337. The van der Waals surface area contributed by atoms with Crippen molar-refractivity contribution in [1.82, 2.24) is 9.88 Å². The summed E-state index contributed by atoms with van der Waals surface area (Å²) >= 11 is 4.82. The normalized spacial score (nSPS) is 15.7. The van der Waals surface area contributed by atoms with Crippen LogP contribution in [0.1, 0.15) is 16.1 Å². The Bertz CT molecular complexity index is 656. The molecule has 0 saturated carbocycles. The molecule has 0 bridgehead atoms. The first-order chi connectivity index (χ1) is 10.7. The molecule has 1 amide bonds. The number of ether oxygens (including phenoxy) is 1. The lowest BCUT2D eigenvalue weighted by atomic mass is 10.2. The molecule has 1 aromatic heterocycles. The molecule has 0 aliphatic carbocycles. The van der Waals surface area contributed by atoms with Crippen molar-refractivity contribution < 1.29 is 9.53 Å². The highest BCUT2D eigenvalue weighted by atomic mass is 79.9. The number of carbonyl (C=O) groups is 1. The van der Waals surface area contributed by atoms with Crippen LogP contribution < -0.4 is 5.32 Å². The third-order valence-corrected chi connectivity index (χ3v) is 4.65. The van der Waals surface area contributed by atoms with E-state index in [1.54, 1.807) is 12.1 Å². The van der Waals surface area contributed by atoms with E-state index >= 15 is 0 Å². The fourth-order valence-electron chi connectivity index (χ4n) is 2.22. The summed E-state index contributed by atoms with van der Waals surface area (Å²) in [6.07, 6.45) is 0. The SMILES string of the molecule is O=C(Nc1nc(CN2CCOCC2)cs1)c1cccc(Br)c1. The molecule has 0 atom stereocenters. The Balaban J connectivity index is 1.60. The van der Waals surface area contributed by atoms with Crippen molar-refractivity contribution in [3.63, 3.8) is 0 Å². The van der Waals surface area contributed by atoms with Crippen LogP contribution in [0.4, 0.5) is 5.13 Å². The quantitative estimate of drug-likeness (QED) is 0.884. The number of thiazole rings is 1. The number of amides is 1. The Kier molecular flexibility index (Phi) is 5.20. The van der Waals surface area contributed by atoms with Crippen LogP contribution in [0.15, 0.2) is 34.1 Å². The second-order valence-electron chi connectivity index (χ2n) is 5.00. The summed E-state index contributed by atoms with van der Waals surface area (Å²) in [7, 11) is 0. The summed E-state index contributed by atoms with van der Waals surface area (Å²) < 4.78 is 6.22. The standard InChI is InChI=1S/C15H16BrN3O2S/c16-12-3-1-2-11(8-12)14(20)18-15-17-13(10-22-15)9-19-4-6-21-7-5-19/h1-3,8,10H,4-7,9H2,(H,17,18,20). The number of morpholine rings is 1. The molecule has 22 heavy (non-hydrogen) atoms. The van der Waals surface area contributed by atoms with Crippen molar-refractivity contribution in [2.24, 2.45) is 0 Å². The minimum absolute atomic E-state index is 0.145. The van der Waals surface area contributed by atoms with Crippen LogP contribution in [0.2, 0.25) is 0 Å². The van der Waals surface area contributed by atoms with Gasteiger partial charge in [0.1, 0.15) is 0 Å². The van der Waals surface area contributed by atoms with Gasteiger partial charge < -0.3 is 4.74 Å². The van der Waals surface area contributed by atoms with Gasteiger partial charge in [-0.1, -0.05) is 22.0 Å². The highest BCUT2D eigenvalue weighted by molar-refractivity contribution is 9.10. The van der Waals surface area contributed by atoms with E-state index in [1.165, 1.54) is 11.3 Å². The van der Waals surface area contributed by atoms with Crippen molar-refractivity contribution in [2.45, 2.75) is 6.54 Å². The van der Waals surface area contributed by atoms with Crippen molar-refractivity contribution in [1.29, 1.82) is 0 Å². The number of carbonyl (C=O) groups excluding carboxylic acids is 1. The molecule has 1 aliphatic rings. The molecule has 2 aromatic rings. The number of halogens is 1. The Labute approximate surface area is 141 Å². The molecule has 0 unspecified atom stereocenters. The zero-order valence-electron chi connectivity index (χ0n) is 11.9. The topological polar surface area (TPSA) is 54.5 Å². The highest BCUT2D eigenvalue weighted by Gasteiger charge is 2.14. The van der Waals surface area contributed by atoms with Gasteiger partial charge in [0.05, 0.1) is 18.9 Å². The minimum atomic E-state index is -0.145. The number of nitrogens with one attached hydrogen (secondary N) is 1. The molecule has 0 radical (unpaired) electrons. The lowest BCUT2D eigenvalue weighted by Gasteiger charge is -2.25. The number of hydrogen-bond donors (Lipinski definition) is 1. The second kappa shape index (κ2) is 7.32. The number of anilines is 1. The van der Waals surface area contributed by atoms with Gasteiger partial charge in [0.25, 0.3) is 5.91 Å². The van der Waals surface area contributed by atoms with E-state index in [-0.39, 0.29) is 5.91 Å². The predicted molar refractivity (Wildman–Crippen MR) is 90.3 cm³/mol. The first kappa shape index (κ1) is 15.6. The van der Waals surface area contributed by atoms with E-state index in [9.17, 15) is 4.79 Å². The van der Waals surface area contributed by atoms with Crippen LogP contribution in [0.5, 0.6) is 0 Å². The fraction of sp³-hybridized carbons (Fsp3) is 0.333. The first-order valence-corrected chi connectivity index (χ1v) is 8.69. The summed E-state index contributed by atoms with van der Waals surface area (Å²) in [6, 6.07) is 7.30. The zero-order valence-corrected chi connectivity index (χ0v) is 14.3. The Morgan fingerprint density at radius 2 is 2.23 bits per heavy atom. The molecule has 3 rings (SSSR count). The van der Waals surface area contributed by atoms with Crippen LogP contribution in [-0.2, 0) is 11.3 Å². The smallest absolute Gasteiger partial charge is 0.257 e. The molecule has 116 valence electrons. The van der Waals surface area contributed by atoms with E-state index in [4.69, 9.17) is 4.74 Å². The number of nitrogens with zero attached hydrogens (tertiary/aromatic N) is 2. The fourth-order valence-corrected chi connectivity index (χ4v) is 3.32. The van der Waals surface area contributed by atoms with Gasteiger partial charge in [-0.2, -0.15) is 0 Å². The van der Waals surface area contributed by atoms with Gasteiger partial charge in [-0.05, 0) is 18.2 Å². The molecular formula is C15H16BrN3O2S. The second-order valence-corrected chi connectivity index (χ2v) is 6.77. The molecule has 1 fully saturated rings. The maximum Gasteiger partial charge on any atom is 0.257 e. The van der Waals surface area contributed by atoms with E-state index in [0.29, 0.717) is 10.7 Å². The average molecular weight is 382 g/mol. The van der Waals surface area contributed by atoms with Crippen molar-refractivity contribution in [2.75, 3.05) is 31.6 Å². The molecular weight excluding hydrogens is 366 g/mol. The largest absolute Gasteiger partial charge is 0.379 e. The van der Waals surface area contributed by atoms with Crippen LogP contribution in [0, 0.1) is 0 Å². The van der Waals surface area contributed by atoms with Gasteiger partial charge in [0.2, 0.25) is 0 Å². The van der Waals surface area contributed by atoms with E-state index in [2.05, 4.69) is 31.1 Å². The van der Waals surface area contributed by atoms with Crippen LogP contribution in [0.3, 0.4) is 0 Å². The minimum Gasteiger partial charge on any atom is -0.379 e. The summed E-state index contributed by atoms with van der Waals surface area (Å²) in [6.45, 7) is 4.20. The summed E-state index contributed by atoms with van der Waals surface area (Å²) in [4.78, 5) is 19.0. The van der Waals surface area contributed by atoms with Crippen molar-refractivity contribution >= 4 is 38.3 Å². The highest BCUT2D eigenvalue weighted by Crippen LogP contribution is 2.19. The van der Waals surface area contributed by atoms with Gasteiger partial charge in [-0.15, -0.1) is 11.3 Å². The maximum atomic E-state index is 12.2. The van der Waals surface area contributed by atoms with Crippen LogP contribution in [0.25, 0.3) is 0 Å². The van der Waals surface area contributed by atoms with E-state index in [1.807, 2.05) is 17.5 Å². The number of benzene rings is 1. The summed E-state index contributed by atoms with van der Waals surface area (Å²) in [5, 5.41) is 5.47. The van der Waals surface area contributed by atoms with E-state index in [0.717, 1.165) is 43.0 Å². The van der Waals surface area contributed by atoms with Crippen LogP contribution >= 0.6 is 27.3 Å². The number of rotatable bonds is 4. The predicted octanol–water partition coefficient (Wildman–Crippen LogP) is 2.99. The molecule has 0 spiro atoms. The molecule has 1 aliphatic heterocycles. The zero-order chi connectivity index (χ0) is 15.4. The van der Waals surface area contributed by atoms with E-state index < -0.39 is 0 Å². The van der Waals surface area contributed by atoms with Gasteiger partial charge in [-0.25, -0.2) is 4.98 Å².